The number of hydrogen-bond acceptors (Lipinski definition) is 6. The molecule has 0 amide bonds. The number of nitrogens with zero attached hydrogens (tertiary/aromatic N) is 5. The number of likely N-dealkylation sites (N-methyl/N-ethyl adjacent to an activating group) is 1. The predicted octanol–water partition coefficient (Wildman–Crippen LogP) is 3.52. The highest BCUT2D eigenvalue weighted by Gasteiger charge is 2.18. The van der Waals surface area contributed by atoms with Crippen LogP contribution in [0.2, 0.25) is 0 Å². The molecule has 1 aromatic carbocycles. The minimum absolute atomic E-state index is 0.827. The topological polar surface area (TPSA) is 47.5 Å². The summed E-state index contributed by atoms with van der Waals surface area (Å²) in [5.74, 6) is 1.68. The third-order valence-electron chi connectivity index (χ3n) is 5.21. The van der Waals surface area contributed by atoms with E-state index in [0.29, 0.717) is 0 Å². The van der Waals surface area contributed by atoms with Crippen LogP contribution in [0.5, 0.6) is 0 Å². The predicted molar refractivity (Wildman–Crippen MR) is 114 cm³/mol. The van der Waals surface area contributed by atoms with Gasteiger partial charge in [-0.3, -0.25) is 0 Å². The second kappa shape index (κ2) is 9.04. The van der Waals surface area contributed by atoms with Crippen LogP contribution in [0.3, 0.4) is 0 Å². The molecule has 0 aliphatic carbocycles. The van der Waals surface area contributed by atoms with Crippen LogP contribution >= 0.6 is 0 Å². The van der Waals surface area contributed by atoms with Gasteiger partial charge < -0.3 is 20.0 Å². The van der Waals surface area contributed by atoms with Crippen LogP contribution in [-0.4, -0.2) is 60.7 Å². The molecule has 6 heteroatoms. The lowest BCUT2D eigenvalue weighted by atomic mass is 10.2. The van der Waals surface area contributed by atoms with Crippen molar-refractivity contribution in [1.29, 1.82) is 0 Å². The number of aryl methyl sites for hydroxylation is 1. The molecule has 1 saturated heterocycles. The third-order valence-corrected chi connectivity index (χ3v) is 5.21. The van der Waals surface area contributed by atoms with Crippen molar-refractivity contribution in [2.75, 3.05) is 60.9 Å². The zero-order chi connectivity index (χ0) is 19.2. The van der Waals surface area contributed by atoms with Gasteiger partial charge in [-0.05, 0) is 51.6 Å². The van der Waals surface area contributed by atoms with E-state index in [1.54, 1.807) is 0 Å². The number of rotatable bonds is 7. The van der Waals surface area contributed by atoms with Gasteiger partial charge in [0.15, 0.2) is 0 Å². The Morgan fingerprint density at radius 2 is 1.63 bits per heavy atom. The van der Waals surface area contributed by atoms with Crippen molar-refractivity contribution in [1.82, 2.24) is 14.9 Å². The van der Waals surface area contributed by atoms with Gasteiger partial charge >= 0.3 is 0 Å². The summed E-state index contributed by atoms with van der Waals surface area (Å²) in [6, 6.07) is 10.6. The maximum absolute atomic E-state index is 4.77. The zero-order valence-electron chi connectivity index (χ0n) is 17.1. The van der Waals surface area contributed by atoms with Crippen molar-refractivity contribution in [2.45, 2.75) is 27.7 Å². The van der Waals surface area contributed by atoms with Crippen LogP contribution in [0.4, 0.5) is 23.1 Å². The smallest absolute Gasteiger partial charge is 0.227 e. The van der Waals surface area contributed by atoms with Crippen molar-refractivity contribution in [3.05, 3.63) is 36.0 Å². The first-order chi connectivity index (χ1) is 13.1. The Kier molecular flexibility index (Phi) is 6.50. The highest BCUT2D eigenvalue weighted by Crippen LogP contribution is 2.22. The van der Waals surface area contributed by atoms with E-state index in [1.165, 1.54) is 5.69 Å². The quantitative estimate of drug-likeness (QED) is 0.807. The van der Waals surface area contributed by atoms with Crippen LogP contribution < -0.4 is 15.1 Å². The van der Waals surface area contributed by atoms with Crippen LogP contribution in [0.25, 0.3) is 0 Å². The monoisotopic (exact) mass is 368 g/mol. The van der Waals surface area contributed by atoms with Crippen LogP contribution in [0, 0.1) is 6.92 Å². The van der Waals surface area contributed by atoms with Gasteiger partial charge in [-0.1, -0.05) is 6.92 Å². The number of nitrogens with one attached hydrogen (secondary N) is 1. The molecule has 3 rings (SSSR count). The lowest BCUT2D eigenvalue weighted by molar-refractivity contribution is 0.270. The van der Waals surface area contributed by atoms with E-state index in [1.807, 2.05) is 13.0 Å². The molecule has 0 bridgehead atoms. The van der Waals surface area contributed by atoms with Crippen LogP contribution in [0.1, 0.15) is 26.5 Å². The van der Waals surface area contributed by atoms with Crippen molar-refractivity contribution in [3.8, 4) is 0 Å². The third kappa shape index (κ3) is 4.89. The molecule has 1 aliphatic rings. The summed E-state index contributed by atoms with van der Waals surface area (Å²) >= 11 is 0. The second-order valence-corrected chi connectivity index (χ2v) is 6.96. The molecule has 0 spiro atoms. The first kappa shape index (κ1) is 19.4. The molecule has 0 saturated carbocycles. The number of piperazine rings is 1. The minimum Gasteiger partial charge on any atom is -0.372 e. The fourth-order valence-electron chi connectivity index (χ4n) is 3.51. The Labute approximate surface area is 163 Å². The molecule has 1 fully saturated rings. The fourth-order valence-corrected chi connectivity index (χ4v) is 3.51. The standard InChI is InChI=1S/C21H32N6/c1-5-25-12-14-27(15-13-25)21-22-17(4)16-20(24-21)23-18-8-10-19(11-9-18)26(6-2)7-3/h8-11,16H,5-7,12-15H2,1-4H3,(H,22,23,24). The van der Waals surface area contributed by atoms with Gasteiger partial charge in [0.25, 0.3) is 0 Å². The molecule has 2 aromatic rings. The lowest BCUT2D eigenvalue weighted by Gasteiger charge is -2.34. The average Bonchev–Trinajstić information content (AvgIpc) is 2.70. The Morgan fingerprint density at radius 1 is 0.963 bits per heavy atom. The summed E-state index contributed by atoms with van der Waals surface area (Å²) in [4.78, 5) is 16.5. The highest BCUT2D eigenvalue weighted by atomic mass is 15.3. The number of anilines is 4. The highest BCUT2D eigenvalue weighted by molar-refractivity contribution is 5.61. The Morgan fingerprint density at radius 3 is 2.22 bits per heavy atom. The minimum atomic E-state index is 0.827. The van der Waals surface area contributed by atoms with Gasteiger partial charge in [0.05, 0.1) is 0 Å². The number of hydrogen-bond donors (Lipinski definition) is 1. The molecular weight excluding hydrogens is 336 g/mol. The average molecular weight is 369 g/mol. The number of benzene rings is 1. The van der Waals surface area contributed by atoms with E-state index in [4.69, 9.17) is 4.98 Å². The Hall–Kier alpha value is -2.34. The van der Waals surface area contributed by atoms with Gasteiger partial charge in [-0.2, -0.15) is 4.98 Å². The normalized spacial score (nSPS) is 15.0. The summed E-state index contributed by atoms with van der Waals surface area (Å²) in [7, 11) is 0. The Bertz CT molecular complexity index is 718. The Balaban J connectivity index is 1.71. The molecule has 27 heavy (non-hydrogen) atoms. The summed E-state index contributed by atoms with van der Waals surface area (Å²) in [6.07, 6.45) is 0. The molecule has 146 valence electrons. The van der Waals surface area contributed by atoms with Crippen LogP contribution in [-0.2, 0) is 0 Å². The molecule has 0 radical (unpaired) electrons. The van der Waals surface area contributed by atoms with E-state index < -0.39 is 0 Å². The van der Waals surface area contributed by atoms with E-state index in [-0.39, 0.29) is 0 Å². The molecule has 1 N–H and O–H groups in total. The number of aromatic nitrogens is 2. The second-order valence-electron chi connectivity index (χ2n) is 6.96. The van der Waals surface area contributed by atoms with Gasteiger partial charge in [0, 0.05) is 62.4 Å². The zero-order valence-corrected chi connectivity index (χ0v) is 17.1. The molecule has 0 unspecified atom stereocenters. The van der Waals surface area contributed by atoms with E-state index >= 15 is 0 Å². The van der Waals surface area contributed by atoms with Gasteiger partial charge in [0.1, 0.15) is 5.82 Å². The van der Waals surface area contributed by atoms with Crippen molar-refractivity contribution in [2.24, 2.45) is 0 Å². The summed E-state index contributed by atoms with van der Waals surface area (Å²) in [6.45, 7) is 15.9. The lowest BCUT2D eigenvalue weighted by Crippen LogP contribution is -2.46. The molecule has 1 aliphatic heterocycles. The molecular formula is C21H32N6. The molecule has 2 heterocycles. The molecule has 6 nitrogen and oxygen atoms in total. The van der Waals surface area contributed by atoms with Crippen molar-refractivity contribution in [3.63, 3.8) is 0 Å². The maximum atomic E-state index is 4.77. The van der Waals surface area contributed by atoms with Crippen molar-refractivity contribution < 1.29 is 0 Å². The largest absolute Gasteiger partial charge is 0.372 e. The molecule has 0 atom stereocenters. The SMILES string of the molecule is CCN1CCN(c2nc(C)cc(Nc3ccc(N(CC)CC)cc3)n2)CC1. The summed E-state index contributed by atoms with van der Waals surface area (Å²) < 4.78 is 0. The van der Waals surface area contributed by atoms with E-state index in [9.17, 15) is 0 Å². The van der Waals surface area contributed by atoms with Gasteiger partial charge in [-0.25, -0.2) is 4.98 Å². The van der Waals surface area contributed by atoms with E-state index in [2.05, 4.69) is 70.0 Å². The van der Waals surface area contributed by atoms with Gasteiger partial charge in [0.2, 0.25) is 5.95 Å². The summed E-state index contributed by atoms with van der Waals surface area (Å²) in [5, 5.41) is 3.44. The maximum Gasteiger partial charge on any atom is 0.227 e. The first-order valence-corrected chi connectivity index (χ1v) is 10.1. The molecule has 1 aromatic heterocycles. The van der Waals surface area contributed by atoms with E-state index in [0.717, 1.165) is 69.0 Å². The van der Waals surface area contributed by atoms with Crippen molar-refractivity contribution >= 4 is 23.1 Å². The first-order valence-electron chi connectivity index (χ1n) is 10.1. The summed E-state index contributed by atoms with van der Waals surface area (Å²) in [5.41, 5.74) is 3.28. The fraction of sp³-hybridized carbons (Fsp3) is 0.524. The van der Waals surface area contributed by atoms with Crippen LogP contribution in [0.15, 0.2) is 30.3 Å². The van der Waals surface area contributed by atoms with Gasteiger partial charge in [-0.15, -0.1) is 0 Å².